The van der Waals surface area contributed by atoms with E-state index in [1.807, 2.05) is 0 Å². The molecule has 0 atom stereocenters. The van der Waals surface area contributed by atoms with Crippen molar-refractivity contribution in [3.8, 4) is 5.88 Å². The molecule has 18 heavy (non-hydrogen) atoms. The van der Waals surface area contributed by atoms with Gasteiger partial charge in [-0.25, -0.2) is 18.5 Å². The second-order valence-corrected chi connectivity index (χ2v) is 6.77. The van der Waals surface area contributed by atoms with Gasteiger partial charge >= 0.3 is 0 Å². The zero-order valence-electron chi connectivity index (χ0n) is 10.0. The van der Waals surface area contributed by atoms with Gasteiger partial charge in [-0.2, -0.15) is 0 Å². The van der Waals surface area contributed by atoms with Crippen molar-refractivity contribution in [3.05, 3.63) is 16.2 Å². The lowest BCUT2D eigenvalue weighted by atomic mass is 10.0. The van der Waals surface area contributed by atoms with Gasteiger partial charge in [0.25, 0.3) is 0 Å². The predicted octanol–water partition coefficient (Wildman–Crippen LogP) is 2.16. The van der Waals surface area contributed by atoms with E-state index >= 15 is 0 Å². The lowest BCUT2D eigenvalue weighted by Gasteiger charge is -2.14. The van der Waals surface area contributed by atoms with E-state index in [1.54, 1.807) is 0 Å². The summed E-state index contributed by atoms with van der Waals surface area (Å²) in [6.45, 7) is 0. The number of nitrogens with zero attached hydrogens (tertiary/aromatic N) is 1. The molecule has 1 aromatic heterocycles. The van der Waals surface area contributed by atoms with Crippen molar-refractivity contribution >= 4 is 26.0 Å². The van der Waals surface area contributed by atoms with Crippen molar-refractivity contribution < 1.29 is 13.2 Å². The van der Waals surface area contributed by atoms with Gasteiger partial charge in [0.2, 0.25) is 15.9 Å². The molecule has 1 aliphatic carbocycles. The van der Waals surface area contributed by atoms with Crippen LogP contribution in [0.25, 0.3) is 0 Å². The summed E-state index contributed by atoms with van der Waals surface area (Å²) in [5, 5.41) is 5.14. The number of pyridine rings is 1. The van der Waals surface area contributed by atoms with Crippen LogP contribution in [0.2, 0.25) is 0 Å². The van der Waals surface area contributed by atoms with Crippen molar-refractivity contribution in [2.45, 2.75) is 36.5 Å². The topological polar surface area (TPSA) is 82.3 Å². The summed E-state index contributed by atoms with van der Waals surface area (Å²) in [5.74, 6) is 0.436. The molecule has 100 valence electrons. The molecule has 5 nitrogen and oxygen atoms in total. The standard InChI is InChI=1S/C11H15BrN2O3S/c1-17-11-9(18(13,15)16)6-8(12)10(14-11)7-4-2-3-5-7/h6-7H,2-5H2,1H3,(H2,13,15,16). The van der Waals surface area contributed by atoms with Gasteiger partial charge in [-0.15, -0.1) is 0 Å². The molecule has 0 unspecified atom stereocenters. The number of halogens is 1. The summed E-state index contributed by atoms with van der Waals surface area (Å²) in [7, 11) is -2.43. The third-order valence-corrected chi connectivity index (χ3v) is 4.72. The van der Waals surface area contributed by atoms with E-state index in [0.29, 0.717) is 10.4 Å². The normalized spacial score (nSPS) is 17.1. The van der Waals surface area contributed by atoms with E-state index in [9.17, 15) is 8.42 Å². The Bertz CT molecular complexity index is 554. The average molecular weight is 335 g/mol. The predicted molar refractivity (Wildman–Crippen MR) is 71.1 cm³/mol. The maximum absolute atomic E-state index is 11.4. The lowest BCUT2D eigenvalue weighted by molar-refractivity contribution is 0.381. The minimum atomic E-state index is -3.83. The number of rotatable bonds is 3. The Morgan fingerprint density at radius 1 is 1.44 bits per heavy atom. The van der Waals surface area contributed by atoms with Gasteiger partial charge in [0.05, 0.1) is 12.8 Å². The van der Waals surface area contributed by atoms with E-state index < -0.39 is 10.0 Å². The van der Waals surface area contributed by atoms with E-state index in [-0.39, 0.29) is 10.8 Å². The molecule has 0 aromatic carbocycles. The molecule has 7 heteroatoms. The number of methoxy groups -OCH3 is 1. The van der Waals surface area contributed by atoms with Gasteiger partial charge in [-0.05, 0) is 34.8 Å². The number of aromatic nitrogens is 1. The molecule has 0 aliphatic heterocycles. The van der Waals surface area contributed by atoms with E-state index in [0.717, 1.165) is 18.5 Å². The van der Waals surface area contributed by atoms with Crippen LogP contribution in [0.1, 0.15) is 37.3 Å². The molecule has 0 radical (unpaired) electrons. The van der Waals surface area contributed by atoms with Gasteiger partial charge in [-0.3, -0.25) is 0 Å². The molecule has 0 amide bonds. The van der Waals surface area contributed by atoms with Crippen molar-refractivity contribution in [1.82, 2.24) is 4.98 Å². The summed E-state index contributed by atoms with van der Waals surface area (Å²) in [6.07, 6.45) is 4.50. The number of ether oxygens (including phenoxy) is 1. The van der Waals surface area contributed by atoms with Gasteiger partial charge < -0.3 is 4.74 Å². The fourth-order valence-electron chi connectivity index (χ4n) is 2.30. The lowest BCUT2D eigenvalue weighted by Crippen LogP contribution is -2.15. The smallest absolute Gasteiger partial charge is 0.243 e. The Kier molecular flexibility index (Phi) is 3.93. The van der Waals surface area contributed by atoms with Gasteiger partial charge in [-0.1, -0.05) is 12.8 Å². The first-order chi connectivity index (χ1) is 8.43. The van der Waals surface area contributed by atoms with Crippen LogP contribution in [0.4, 0.5) is 0 Å². The molecule has 1 aromatic rings. The van der Waals surface area contributed by atoms with Crippen molar-refractivity contribution in [2.75, 3.05) is 7.11 Å². The molecular formula is C11H15BrN2O3S. The maximum atomic E-state index is 11.4. The fourth-order valence-corrected chi connectivity index (χ4v) is 3.75. The summed E-state index contributed by atoms with van der Waals surface area (Å²) in [5.41, 5.74) is 0.858. The summed E-state index contributed by atoms with van der Waals surface area (Å²) in [4.78, 5) is 4.23. The second kappa shape index (κ2) is 5.14. The Morgan fingerprint density at radius 3 is 2.56 bits per heavy atom. The average Bonchev–Trinajstić information content (AvgIpc) is 2.81. The molecule has 0 saturated heterocycles. The van der Waals surface area contributed by atoms with Gasteiger partial charge in [0.1, 0.15) is 4.90 Å². The molecule has 1 heterocycles. The minimum Gasteiger partial charge on any atom is -0.480 e. The number of hydrogen-bond acceptors (Lipinski definition) is 4. The van der Waals surface area contributed by atoms with E-state index in [2.05, 4.69) is 20.9 Å². The molecule has 1 saturated carbocycles. The Balaban J connectivity index is 2.52. The maximum Gasteiger partial charge on any atom is 0.243 e. The molecule has 1 aliphatic rings. The molecule has 0 bridgehead atoms. The first-order valence-electron chi connectivity index (χ1n) is 5.70. The van der Waals surface area contributed by atoms with Crippen LogP contribution in [-0.2, 0) is 10.0 Å². The Morgan fingerprint density at radius 2 is 2.06 bits per heavy atom. The molecule has 2 rings (SSSR count). The second-order valence-electron chi connectivity index (χ2n) is 4.39. The number of hydrogen-bond donors (Lipinski definition) is 1. The van der Waals surface area contributed by atoms with E-state index in [4.69, 9.17) is 9.88 Å². The zero-order chi connectivity index (χ0) is 13.3. The number of sulfonamides is 1. The monoisotopic (exact) mass is 334 g/mol. The summed E-state index contributed by atoms with van der Waals surface area (Å²) in [6, 6.07) is 1.48. The van der Waals surface area contributed by atoms with Crippen LogP contribution in [0.3, 0.4) is 0 Å². The van der Waals surface area contributed by atoms with E-state index in [1.165, 1.54) is 26.0 Å². The summed E-state index contributed by atoms with van der Waals surface area (Å²) < 4.78 is 28.6. The highest BCUT2D eigenvalue weighted by Gasteiger charge is 2.25. The van der Waals surface area contributed by atoms with Crippen molar-refractivity contribution in [1.29, 1.82) is 0 Å². The first kappa shape index (κ1) is 13.8. The fraction of sp³-hybridized carbons (Fsp3) is 0.545. The van der Waals surface area contributed by atoms with Crippen molar-refractivity contribution in [2.24, 2.45) is 5.14 Å². The highest BCUT2D eigenvalue weighted by atomic mass is 79.9. The highest BCUT2D eigenvalue weighted by molar-refractivity contribution is 9.10. The zero-order valence-corrected chi connectivity index (χ0v) is 12.4. The largest absolute Gasteiger partial charge is 0.480 e. The molecular weight excluding hydrogens is 320 g/mol. The Hall–Kier alpha value is -0.660. The quantitative estimate of drug-likeness (QED) is 0.918. The third-order valence-electron chi connectivity index (χ3n) is 3.18. The van der Waals surface area contributed by atoms with Gasteiger partial charge in [0.15, 0.2) is 0 Å². The minimum absolute atomic E-state index is 0.0719. The van der Waals surface area contributed by atoms with Gasteiger partial charge in [0, 0.05) is 10.4 Å². The van der Waals surface area contributed by atoms with Crippen LogP contribution >= 0.6 is 15.9 Å². The number of nitrogens with two attached hydrogens (primary N) is 1. The van der Waals surface area contributed by atoms with Crippen LogP contribution in [0, 0.1) is 0 Å². The molecule has 0 spiro atoms. The van der Waals surface area contributed by atoms with Crippen LogP contribution in [0.15, 0.2) is 15.4 Å². The Labute approximate surface area is 115 Å². The number of primary sulfonamides is 1. The SMILES string of the molecule is COc1nc(C2CCCC2)c(Br)cc1S(N)(=O)=O. The van der Waals surface area contributed by atoms with Crippen LogP contribution < -0.4 is 9.88 Å². The third kappa shape index (κ3) is 2.67. The van der Waals surface area contributed by atoms with Crippen LogP contribution in [0.5, 0.6) is 5.88 Å². The highest BCUT2D eigenvalue weighted by Crippen LogP contribution is 2.39. The van der Waals surface area contributed by atoms with Crippen LogP contribution in [-0.4, -0.2) is 20.5 Å². The molecule has 2 N–H and O–H groups in total. The summed E-state index contributed by atoms with van der Waals surface area (Å²) >= 11 is 3.37. The van der Waals surface area contributed by atoms with Crippen molar-refractivity contribution in [3.63, 3.8) is 0 Å². The molecule has 1 fully saturated rings. The first-order valence-corrected chi connectivity index (χ1v) is 8.04.